The third-order valence-electron chi connectivity index (χ3n) is 3.49. The Morgan fingerprint density at radius 1 is 1.00 bits per heavy atom. The molecule has 0 fully saturated rings. The van der Waals surface area contributed by atoms with Gasteiger partial charge < -0.3 is 23.5 Å². The van der Waals surface area contributed by atoms with Crippen LogP contribution in [0.3, 0.4) is 0 Å². The number of fused-ring (bicyclic) bond motifs is 1. The minimum absolute atomic E-state index is 0.377. The average molecular weight is 359 g/mol. The van der Waals surface area contributed by atoms with Gasteiger partial charge >= 0.3 is 0 Å². The van der Waals surface area contributed by atoms with E-state index in [0.29, 0.717) is 28.7 Å². The number of pyridine rings is 1. The fourth-order valence-electron chi connectivity index (χ4n) is 2.35. The summed E-state index contributed by atoms with van der Waals surface area (Å²) in [5, 5.41) is 0.813. The molecule has 1 heterocycles. The van der Waals surface area contributed by atoms with Crippen molar-refractivity contribution in [3.05, 3.63) is 48.7 Å². The molecule has 1 aromatic heterocycles. The van der Waals surface area contributed by atoms with Gasteiger partial charge in [-0.1, -0.05) is 0 Å². The van der Waals surface area contributed by atoms with E-state index in [1.165, 1.54) is 13.2 Å². The molecule has 130 valence electrons. The number of hydrogen-bond donors (Lipinski definition) is 1. The quantitative estimate of drug-likeness (QED) is 0.679. The average Bonchev–Trinajstić information content (AvgIpc) is 2.62. The topological polar surface area (TPSA) is 92.7 Å². The van der Waals surface area contributed by atoms with Crippen LogP contribution in [0.15, 0.2) is 48.7 Å². The predicted octanol–water partition coefficient (Wildman–Crippen LogP) is 3.25. The van der Waals surface area contributed by atoms with Gasteiger partial charge in [0.25, 0.3) is 0 Å². The van der Waals surface area contributed by atoms with E-state index < -0.39 is 11.3 Å². The standard InChI is InChI=1S/C17H16N2O5S/c1-22-12-4-5-13-14(10-12)18-8-7-15(13)24-16-6-3-11(19-25(20)21)9-17(16)23-2/h3-10,19H,1-2H3,(H,20,21)/p-1. The van der Waals surface area contributed by atoms with Gasteiger partial charge in [-0.3, -0.25) is 9.19 Å². The van der Waals surface area contributed by atoms with Gasteiger partial charge in [0.15, 0.2) is 11.5 Å². The maximum Gasteiger partial charge on any atom is 0.169 e. The summed E-state index contributed by atoms with van der Waals surface area (Å²) in [5.41, 5.74) is 1.11. The zero-order chi connectivity index (χ0) is 17.8. The van der Waals surface area contributed by atoms with E-state index in [1.54, 1.807) is 31.5 Å². The molecule has 0 aliphatic heterocycles. The largest absolute Gasteiger partial charge is 0.755 e. The van der Waals surface area contributed by atoms with Crippen LogP contribution in [-0.4, -0.2) is 28.0 Å². The van der Waals surface area contributed by atoms with Gasteiger partial charge in [-0.15, -0.1) is 0 Å². The van der Waals surface area contributed by atoms with Crippen molar-refractivity contribution in [1.29, 1.82) is 0 Å². The van der Waals surface area contributed by atoms with Crippen LogP contribution >= 0.6 is 0 Å². The van der Waals surface area contributed by atoms with Gasteiger partial charge in [-0.05, 0) is 30.3 Å². The van der Waals surface area contributed by atoms with Crippen molar-refractivity contribution in [1.82, 2.24) is 4.98 Å². The zero-order valence-corrected chi connectivity index (χ0v) is 14.3. The molecule has 0 spiro atoms. The highest BCUT2D eigenvalue weighted by atomic mass is 32.2. The molecule has 0 saturated carbocycles. The number of anilines is 1. The molecule has 1 atom stereocenters. The van der Waals surface area contributed by atoms with E-state index in [2.05, 4.69) is 9.71 Å². The Kier molecular flexibility index (Phi) is 5.01. The minimum Gasteiger partial charge on any atom is -0.755 e. The number of aromatic nitrogens is 1. The molecule has 25 heavy (non-hydrogen) atoms. The normalized spacial score (nSPS) is 11.8. The number of methoxy groups -OCH3 is 2. The van der Waals surface area contributed by atoms with Crippen molar-refractivity contribution >= 4 is 27.9 Å². The van der Waals surface area contributed by atoms with E-state index in [0.717, 1.165) is 10.9 Å². The summed E-state index contributed by atoms with van der Waals surface area (Å²) in [7, 11) is 3.08. The summed E-state index contributed by atoms with van der Waals surface area (Å²) in [5.74, 6) is 2.15. The monoisotopic (exact) mass is 359 g/mol. The Morgan fingerprint density at radius 3 is 2.56 bits per heavy atom. The molecule has 0 radical (unpaired) electrons. The number of nitrogens with one attached hydrogen (secondary N) is 1. The summed E-state index contributed by atoms with van der Waals surface area (Å²) in [6.07, 6.45) is 1.64. The minimum atomic E-state index is -2.41. The van der Waals surface area contributed by atoms with Crippen LogP contribution < -0.4 is 18.9 Å². The van der Waals surface area contributed by atoms with Crippen LogP contribution in [0.5, 0.6) is 23.0 Å². The Hall–Kier alpha value is -2.84. The second kappa shape index (κ2) is 7.37. The number of ether oxygens (including phenoxy) is 3. The molecular formula is C17H15N2O5S-. The SMILES string of the molecule is COc1ccc2c(Oc3ccc(NS(=O)[O-])cc3OC)ccnc2c1. The molecule has 0 aliphatic carbocycles. The molecule has 7 nitrogen and oxygen atoms in total. The van der Waals surface area contributed by atoms with Gasteiger partial charge in [0, 0.05) is 40.7 Å². The van der Waals surface area contributed by atoms with E-state index in [4.69, 9.17) is 14.2 Å². The second-order valence-electron chi connectivity index (χ2n) is 5.00. The van der Waals surface area contributed by atoms with E-state index in [9.17, 15) is 8.76 Å². The van der Waals surface area contributed by atoms with Crippen LogP contribution in [0.1, 0.15) is 0 Å². The lowest BCUT2D eigenvalue weighted by molar-refractivity contribution is 0.380. The molecule has 1 unspecified atom stereocenters. The Morgan fingerprint density at radius 2 is 1.84 bits per heavy atom. The first-order valence-electron chi connectivity index (χ1n) is 7.25. The predicted molar refractivity (Wildman–Crippen MR) is 93.9 cm³/mol. The van der Waals surface area contributed by atoms with Gasteiger partial charge in [0.05, 0.1) is 19.7 Å². The molecule has 3 rings (SSSR count). The van der Waals surface area contributed by atoms with Crippen LogP contribution in [-0.2, 0) is 11.3 Å². The number of rotatable bonds is 6. The summed E-state index contributed by atoms with van der Waals surface area (Å²) >= 11 is -2.41. The molecule has 0 aliphatic rings. The first-order chi connectivity index (χ1) is 12.1. The highest BCUT2D eigenvalue weighted by Gasteiger charge is 2.10. The number of benzene rings is 2. The third-order valence-corrected chi connectivity index (χ3v) is 3.90. The molecule has 0 amide bonds. The van der Waals surface area contributed by atoms with Crippen LogP contribution in [0.25, 0.3) is 10.9 Å². The summed E-state index contributed by atoms with van der Waals surface area (Å²) < 4.78 is 40.2. The maximum absolute atomic E-state index is 10.7. The van der Waals surface area contributed by atoms with Crippen molar-refractivity contribution in [2.75, 3.05) is 18.9 Å². The number of hydrogen-bond acceptors (Lipinski definition) is 6. The van der Waals surface area contributed by atoms with Crippen LogP contribution in [0.4, 0.5) is 5.69 Å². The molecular weight excluding hydrogens is 344 g/mol. The number of nitrogens with zero attached hydrogens (tertiary/aromatic N) is 1. The molecule has 0 saturated heterocycles. The smallest absolute Gasteiger partial charge is 0.169 e. The van der Waals surface area contributed by atoms with Crippen molar-refractivity contribution in [3.63, 3.8) is 0 Å². The lowest BCUT2D eigenvalue weighted by Gasteiger charge is -2.14. The molecule has 0 bridgehead atoms. The van der Waals surface area contributed by atoms with Crippen molar-refractivity contribution in [3.8, 4) is 23.0 Å². The highest BCUT2D eigenvalue weighted by Crippen LogP contribution is 2.36. The van der Waals surface area contributed by atoms with Gasteiger partial charge in [0.2, 0.25) is 0 Å². The first kappa shape index (κ1) is 17.0. The van der Waals surface area contributed by atoms with E-state index in [-0.39, 0.29) is 0 Å². The molecule has 3 aromatic rings. The van der Waals surface area contributed by atoms with E-state index >= 15 is 0 Å². The zero-order valence-electron chi connectivity index (χ0n) is 13.5. The highest BCUT2D eigenvalue weighted by molar-refractivity contribution is 7.80. The van der Waals surface area contributed by atoms with Crippen LogP contribution in [0.2, 0.25) is 0 Å². The second-order valence-corrected chi connectivity index (χ2v) is 5.67. The third kappa shape index (κ3) is 3.81. The van der Waals surface area contributed by atoms with Crippen molar-refractivity contribution in [2.24, 2.45) is 0 Å². The molecule has 1 N–H and O–H groups in total. The fraction of sp³-hybridized carbons (Fsp3) is 0.118. The Labute approximate surface area is 147 Å². The lowest BCUT2D eigenvalue weighted by Crippen LogP contribution is -2.02. The molecule has 2 aromatic carbocycles. The Bertz CT molecular complexity index is 932. The molecule has 8 heteroatoms. The maximum atomic E-state index is 10.7. The summed E-state index contributed by atoms with van der Waals surface area (Å²) in [4.78, 5) is 4.31. The van der Waals surface area contributed by atoms with E-state index in [1.807, 2.05) is 18.2 Å². The van der Waals surface area contributed by atoms with Crippen molar-refractivity contribution in [2.45, 2.75) is 0 Å². The first-order valence-corrected chi connectivity index (χ1v) is 8.33. The van der Waals surface area contributed by atoms with Crippen LogP contribution in [0, 0.1) is 0 Å². The van der Waals surface area contributed by atoms with Crippen molar-refractivity contribution < 1.29 is 23.0 Å². The summed E-state index contributed by atoms with van der Waals surface area (Å²) in [6.45, 7) is 0. The Balaban J connectivity index is 1.97. The van der Waals surface area contributed by atoms with Gasteiger partial charge in [-0.25, -0.2) is 0 Å². The summed E-state index contributed by atoms with van der Waals surface area (Å²) in [6, 6.07) is 12.0. The lowest BCUT2D eigenvalue weighted by atomic mass is 10.2. The fourth-order valence-corrected chi connectivity index (χ4v) is 2.67. The van der Waals surface area contributed by atoms with Gasteiger partial charge in [-0.2, -0.15) is 0 Å². The van der Waals surface area contributed by atoms with Gasteiger partial charge in [0.1, 0.15) is 11.5 Å².